The molecule has 0 amide bonds. The molecule has 3 heteroatoms. The van der Waals surface area contributed by atoms with Crippen LogP contribution in [0.2, 0.25) is 0 Å². The lowest BCUT2D eigenvalue weighted by Gasteiger charge is -1.96. The molecule has 0 atom stereocenters. The fraction of sp³-hybridized carbons (Fsp3) is 0.125. The van der Waals surface area contributed by atoms with E-state index in [1.807, 2.05) is 6.07 Å². The average molecular weight is 168 g/mol. The predicted octanol–water partition coefficient (Wildman–Crippen LogP) is 1.82. The fourth-order valence-electron chi connectivity index (χ4n) is 0.776. The lowest BCUT2D eigenvalue weighted by molar-refractivity contribution is 0.475. The summed E-state index contributed by atoms with van der Waals surface area (Å²) < 4.78 is 0. The molecular formula is C8H8O2S. The van der Waals surface area contributed by atoms with Crippen molar-refractivity contribution in [3.05, 3.63) is 29.8 Å². The normalized spacial score (nSPS) is 9.45. The van der Waals surface area contributed by atoms with Gasteiger partial charge in [-0.3, -0.25) is 4.79 Å². The van der Waals surface area contributed by atoms with Crippen molar-refractivity contribution in [2.45, 2.75) is 5.75 Å². The highest BCUT2D eigenvalue weighted by atomic mass is 32.2. The average Bonchev–Trinajstić information content (AvgIpc) is 2.01. The van der Waals surface area contributed by atoms with Crippen LogP contribution in [-0.2, 0) is 10.5 Å². The molecule has 0 aliphatic rings. The summed E-state index contributed by atoms with van der Waals surface area (Å²) in [6.45, 7) is 0. The Bertz CT molecular complexity index is 248. The number of rotatable bonds is 3. The minimum Gasteiger partial charge on any atom is -0.508 e. The van der Waals surface area contributed by atoms with Gasteiger partial charge in [-0.05, 0) is 17.7 Å². The first-order valence-electron chi connectivity index (χ1n) is 3.16. The highest BCUT2D eigenvalue weighted by Crippen LogP contribution is 2.14. The Morgan fingerprint density at radius 3 is 3.00 bits per heavy atom. The summed E-state index contributed by atoms with van der Waals surface area (Å²) in [5.74, 6) is 0.867. The van der Waals surface area contributed by atoms with Gasteiger partial charge in [-0.1, -0.05) is 23.9 Å². The van der Waals surface area contributed by atoms with Crippen LogP contribution in [0.4, 0.5) is 0 Å². The van der Waals surface area contributed by atoms with Crippen LogP contribution in [0.5, 0.6) is 5.75 Å². The lowest BCUT2D eigenvalue weighted by atomic mass is 10.2. The van der Waals surface area contributed by atoms with Gasteiger partial charge in [-0.25, -0.2) is 0 Å². The van der Waals surface area contributed by atoms with Gasteiger partial charge >= 0.3 is 0 Å². The monoisotopic (exact) mass is 168 g/mol. The van der Waals surface area contributed by atoms with Gasteiger partial charge in [-0.2, -0.15) is 0 Å². The van der Waals surface area contributed by atoms with Crippen LogP contribution in [-0.4, -0.2) is 10.7 Å². The van der Waals surface area contributed by atoms with Gasteiger partial charge in [0.2, 0.25) is 0 Å². The summed E-state index contributed by atoms with van der Waals surface area (Å²) in [4.78, 5) is 9.96. The molecule has 1 N–H and O–H groups in total. The molecule has 0 unspecified atom stereocenters. The van der Waals surface area contributed by atoms with Gasteiger partial charge in [0.1, 0.15) is 5.75 Å². The van der Waals surface area contributed by atoms with E-state index in [9.17, 15) is 4.79 Å². The number of aromatic hydroxyl groups is 1. The van der Waals surface area contributed by atoms with E-state index in [2.05, 4.69) is 0 Å². The summed E-state index contributed by atoms with van der Waals surface area (Å²) in [6, 6.07) is 6.89. The molecule has 0 aromatic heterocycles. The SMILES string of the molecule is O=CSCc1cccc(O)c1. The summed E-state index contributed by atoms with van der Waals surface area (Å²) in [5, 5.41) is 9.01. The first kappa shape index (κ1) is 8.14. The highest BCUT2D eigenvalue weighted by molar-refractivity contribution is 8.11. The lowest BCUT2D eigenvalue weighted by Crippen LogP contribution is -1.78. The molecule has 0 aliphatic carbocycles. The molecule has 1 aromatic carbocycles. The summed E-state index contributed by atoms with van der Waals surface area (Å²) in [5.41, 5.74) is 1.76. The Morgan fingerprint density at radius 2 is 2.36 bits per heavy atom. The van der Waals surface area contributed by atoms with Gasteiger partial charge < -0.3 is 5.11 Å². The molecule has 0 heterocycles. The summed E-state index contributed by atoms with van der Waals surface area (Å²) in [7, 11) is 0. The molecule has 58 valence electrons. The molecule has 0 radical (unpaired) electrons. The van der Waals surface area contributed by atoms with Gasteiger partial charge in [-0.15, -0.1) is 0 Å². The van der Waals surface area contributed by atoms with Crippen LogP contribution in [0, 0.1) is 0 Å². The molecule has 2 nitrogen and oxygen atoms in total. The molecule has 0 saturated heterocycles. The van der Waals surface area contributed by atoms with Gasteiger partial charge in [0, 0.05) is 5.75 Å². The number of thioether (sulfide) groups is 1. The zero-order chi connectivity index (χ0) is 8.10. The maximum atomic E-state index is 9.96. The molecule has 11 heavy (non-hydrogen) atoms. The van der Waals surface area contributed by atoms with Crippen molar-refractivity contribution in [2.24, 2.45) is 0 Å². The smallest absolute Gasteiger partial charge is 0.176 e. The minimum atomic E-state index is 0.244. The van der Waals surface area contributed by atoms with Crippen LogP contribution in [0.25, 0.3) is 0 Å². The third-order valence-corrected chi connectivity index (χ3v) is 1.86. The second-order valence-corrected chi connectivity index (χ2v) is 2.89. The van der Waals surface area contributed by atoms with Crippen molar-refractivity contribution >= 4 is 17.4 Å². The third kappa shape index (κ3) is 2.63. The van der Waals surface area contributed by atoms with E-state index in [4.69, 9.17) is 5.11 Å². The number of phenols is 1. The number of carbonyl (C=O) groups excluding carboxylic acids is 1. The zero-order valence-corrected chi connectivity index (χ0v) is 6.67. The number of carbonyl (C=O) groups is 1. The molecule has 0 aliphatic heterocycles. The maximum absolute atomic E-state index is 9.96. The third-order valence-electron chi connectivity index (χ3n) is 1.23. The number of benzene rings is 1. The second kappa shape index (κ2) is 4.03. The van der Waals surface area contributed by atoms with Crippen LogP contribution < -0.4 is 0 Å². The van der Waals surface area contributed by atoms with Crippen LogP contribution in [0.15, 0.2) is 24.3 Å². The Morgan fingerprint density at radius 1 is 1.55 bits per heavy atom. The molecule has 0 spiro atoms. The van der Waals surface area contributed by atoms with Crippen LogP contribution in [0.1, 0.15) is 5.56 Å². The van der Waals surface area contributed by atoms with Crippen LogP contribution in [0.3, 0.4) is 0 Å². The Hall–Kier alpha value is -0.960. The fourth-order valence-corrected chi connectivity index (χ4v) is 1.22. The molecule has 0 bridgehead atoms. The van der Waals surface area contributed by atoms with E-state index in [1.54, 1.807) is 18.2 Å². The van der Waals surface area contributed by atoms with Gasteiger partial charge in [0.15, 0.2) is 5.62 Å². The van der Waals surface area contributed by atoms with Gasteiger partial charge in [0.05, 0.1) is 0 Å². The Balaban J connectivity index is 2.63. The Labute approximate surface area is 69.2 Å². The number of phenolic OH excluding ortho intramolecular Hbond substituents is 1. The molecule has 1 rings (SSSR count). The highest BCUT2D eigenvalue weighted by Gasteiger charge is 1.92. The van der Waals surface area contributed by atoms with Crippen molar-refractivity contribution in [2.75, 3.05) is 0 Å². The van der Waals surface area contributed by atoms with Crippen molar-refractivity contribution in [3.8, 4) is 5.75 Å². The maximum Gasteiger partial charge on any atom is 0.176 e. The number of hydrogen-bond donors (Lipinski definition) is 1. The van der Waals surface area contributed by atoms with Crippen LogP contribution >= 0.6 is 11.8 Å². The van der Waals surface area contributed by atoms with E-state index < -0.39 is 0 Å². The standard InChI is InChI=1S/C8H8O2S/c9-6-11-5-7-2-1-3-8(10)4-7/h1-4,6,10H,5H2. The van der Waals surface area contributed by atoms with Crippen molar-refractivity contribution in [1.82, 2.24) is 0 Å². The van der Waals surface area contributed by atoms with E-state index in [0.717, 1.165) is 11.2 Å². The van der Waals surface area contributed by atoms with E-state index in [-0.39, 0.29) is 5.75 Å². The van der Waals surface area contributed by atoms with E-state index in [0.29, 0.717) is 5.75 Å². The second-order valence-electron chi connectivity index (χ2n) is 2.08. The van der Waals surface area contributed by atoms with E-state index in [1.165, 1.54) is 11.8 Å². The summed E-state index contributed by atoms with van der Waals surface area (Å²) in [6.07, 6.45) is 0. The summed E-state index contributed by atoms with van der Waals surface area (Å²) >= 11 is 1.18. The van der Waals surface area contributed by atoms with Crippen molar-refractivity contribution in [3.63, 3.8) is 0 Å². The largest absolute Gasteiger partial charge is 0.508 e. The topological polar surface area (TPSA) is 37.3 Å². The molecular weight excluding hydrogens is 160 g/mol. The molecule has 1 aromatic rings. The zero-order valence-electron chi connectivity index (χ0n) is 5.86. The van der Waals surface area contributed by atoms with Crippen molar-refractivity contribution < 1.29 is 9.90 Å². The quantitative estimate of drug-likeness (QED) is 0.699. The van der Waals surface area contributed by atoms with E-state index >= 15 is 0 Å². The molecule has 0 saturated carbocycles. The first-order chi connectivity index (χ1) is 5.33. The minimum absolute atomic E-state index is 0.244. The Kier molecular flexibility index (Phi) is 2.98. The van der Waals surface area contributed by atoms with Crippen molar-refractivity contribution in [1.29, 1.82) is 0 Å². The molecule has 0 fully saturated rings. The predicted molar refractivity (Wildman–Crippen MR) is 46.2 cm³/mol. The number of hydrogen-bond acceptors (Lipinski definition) is 3. The first-order valence-corrected chi connectivity index (χ1v) is 4.21. The van der Waals surface area contributed by atoms with Gasteiger partial charge in [0.25, 0.3) is 0 Å².